The molecule has 0 unspecified atom stereocenters. The molecule has 0 heterocycles. The van der Waals surface area contributed by atoms with E-state index in [9.17, 15) is 8.78 Å². The van der Waals surface area contributed by atoms with Gasteiger partial charge in [0.1, 0.15) is 18.3 Å². The first-order valence-electron chi connectivity index (χ1n) is 5.69. The van der Waals surface area contributed by atoms with Crippen LogP contribution in [-0.2, 0) is 6.61 Å². The summed E-state index contributed by atoms with van der Waals surface area (Å²) in [6.07, 6.45) is 0. The van der Waals surface area contributed by atoms with Gasteiger partial charge < -0.3 is 10.5 Å². The molecule has 0 saturated carbocycles. The average Bonchev–Trinajstić information content (AvgIpc) is 2.41. The van der Waals surface area contributed by atoms with Crippen molar-refractivity contribution in [3.63, 3.8) is 0 Å². The maximum absolute atomic E-state index is 14.0. The van der Waals surface area contributed by atoms with E-state index in [1.807, 2.05) is 0 Å². The van der Waals surface area contributed by atoms with E-state index >= 15 is 0 Å². The highest BCUT2D eigenvalue weighted by Crippen LogP contribution is 2.29. The minimum atomic E-state index is -0.672. The molecule has 6 heteroatoms. The Morgan fingerprint density at radius 3 is 2.55 bits per heavy atom. The highest BCUT2D eigenvalue weighted by Gasteiger charge is 2.14. The molecule has 0 aliphatic rings. The highest BCUT2D eigenvalue weighted by molar-refractivity contribution is 9.10. The summed E-state index contributed by atoms with van der Waals surface area (Å²) in [6.45, 7) is -0.0878. The Hall–Kier alpha value is -1.95. The van der Waals surface area contributed by atoms with Gasteiger partial charge in [-0.2, -0.15) is 0 Å². The molecular weight excluding hydrogens is 330 g/mol. The Labute approximate surface area is 123 Å². The third-order valence-corrected chi connectivity index (χ3v) is 3.45. The summed E-state index contributed by atoms with van der Waals surface area (Å²) in [6, 6.07) is 8.93. The van der Waals surface area contributed by atoms with Crippen LogP contribution in [0.1, 0.15) is 11.1 Å². The Kier molecular flexibility index (Phi) is 4.34. The van der Waals surface area contributed by atoms with Crippen LogP contribution < -0.4 is 10.5 Å². The number of amidine groups is 1. The second kappa shape index (κ2) is 6.00. The van der Waals surface area contributed by atoms with Crippen LogP contribution in [0.15, 0.2) is 40.9 Å². The molecule has 0 radical (unpaired) electrons. The Bertz CT molecular complexity index is 662. The van der Waals surface area contributed by atoms with Crippen molar-refractivity contribution >= 4 is 21.8 Å². The van der Waals surface area contributed by atoms with Crippen molar-refractivity contribution in [1.29, 1.82) is 5.41 Å². The lowest BCUT2D eigenvalue weighted by atomic mass is 10.2. The van der Waals surface area contributed by atoms with Crippen molar-refractivity contribution in [2.75, 3.05) is 0 Å². The summed E-state index contributed by atoms with van der Waals surface area (Å²) >= 11 is 3.02. The van der Waals surface area contributed by atoms with Crippen molar-refractivity contribution in [2.24, 2.45) is 5.73 Å². The van der Waals surface area contributed by atoms with Gasteiger partial charge >= 0.3 is 0 Å². The van der Waals surface area contributed by atoms with E-state index in [4.69, 9.17) is 15.9 Å². The second-order valence-electron chi connectivity index (χ2n) is 4.03. The van der Waals surface area contributed by atoms with Gasteiger partial charge in [-0.15, -0.1) is 0 Å². The molecule has 0 saturated heterocycles. The topological polar surface area (TPSA) is 59.1 Å². The minimum absolute atomic E-state index is 0.0369. The predicted molar refractivity (Wildman–Crippen MR) is 75.8 cm³/mol. The number of ether oxygens (including phenoxy) is 1. The van der Waals surface area contributed by atoms with Crippen molar-refractivity contribution in [3.05, 3.63) is 63.6 Å². The fourth-order valence-electron chi connectivity index (χ4n) is 1.62. The first-order valence-corrected chi connectivity index (χ1v) is 6.48. The van der Waals surface area contributed by atoms with Crippen LogP contribution in [0.3, 0.4) is 0 Å². The zero-order valence-corrected chi connectivity index (χ0v) is 11.9. The molecule has 0 bridgehead atoms. The van der Waals surface area contributed by atoms with Gasteiger partial charge in [-0.3, -0.25) is 5.41 Å². The zero-order chi connectivity index (χ0) is 14.7. The SMILES string of the molecule is N=C(N)c1ccc(OCc2ccccc2F)c(F)c1Br. The molecule has 104 valence electrons. The van der Waals surface area contributed by atoms with Crippen LogP contribution in [-0.4, -0.2) is 5.84 Å². The van der Waals surface area contributed by atoms with Crippen LogP contribution in [0.25, 0.3) is 0 Å². The molecule has 0 spiro atoms. The van der Waals surface area contributed by atoms with Gasteiger partial charge in [0.25, 0.3) is 0 Å². The normalized spacial score (nSPS) is 10.3. The van der Waals surface area contributed by atoms with Crippen LogP contribution in [0, 0.1) is 17.0 Å². The summed E-state index contributed by atoms with van der Waals surface area (Å²) in [4.78, 5) is 0. The fourth-order valence-corrected chi connectivity index (χ4v) is 2.16. The Balaban J connectivity index is 2.21. The average molecular weight is 341 g/mol. The molecule has 0 aliphatic heterocycles. The van der Waals surface area contributed by atoms with Gasteiger partial charge in [0, 0.05) is 11.1 Å². The van der Waals surface area contributed by atoms with Gasteiger partial charge in [0.05, 0.1) is 4.47 Å². The van der Waals surface area contributed by atoms with Gasteiger partial charge in [0.2, 0.25) is 0 Å². The first-order chi connectivity index (χ1) is 9.50. The van der Waals surface area contributed by atoms with Gasteiger partial charge in [0.15, 0.2) is 11.6 Å². The lowest BCUT2D eigenvalue weighted by Crippen LogP contribution is -2.12. The molecule has 0 fully saturated rings. The van der Waals surface area contributed by atoms with E-state index in [2.05, 4.69) is 15.9 Å². The number of nitrogen functional groups attached to an aromatic ring is 1. The highest BCUT2D eigenvalue weighted by atomic mass is 79.9. The molecule has 20 heavy (non-hydrogen) atoms. The van der Waals surface area contributed by atoms with Crippen LogP contribution in [0.2, 0.25) is 0 Å². The minimum Gasteiger partial charge on any atom is -0.486 e. The van der Waals surface area contributed by atoms with E-state index in [0.717, 1.165) is 0 Å². The van der Waals surface area contributed by atoms with E-state index in [-0.39, 0.29) is 28.2 Å². The van der Waals surface area contributed by atoms with Gasteiger partial charge in [-0.25, -0.2) is 8.78 Å². The predicted octanol–water partition coefficient (Wildman–Crippen LogP) is 3.59. The Morgan fingerprint density at radius 2 is 1.90 bits per heavy atom. The maximum atomic E-state index is 14.0. The molecule has 0 atom stereocenters. The van der Waals surface area contributed by atoms with Crippen molar-refractivity contribution < 1.29 is 13.5 Å². The van der Waals surface area contributed by atoms with Gasteiger partial charge in [-0.1, -0.05) is 18.2 Å². The molecule has 3 N–H and O–H groups in total. The van der Waals surface area contributed by atoms with E-state index in [1.54, 1.807) is 18.2 Å². The molecule has 2 aromatic carbocycles. The van der Waals surface area contributed by atoms with Crippen molar-refractivity contribution in [2.45, 2.75) is 6.61 Å². The standard InChI is InChI=1S/C14H11BrF2N2O/c15-12-9(14(18)19)5-6-11(13(12)17)20-7-8-3-1-2-4-10(8)16/h1-6H,7H2,(H3,18,19). The summed E-state index contributed by atoms with van der Waals surface area (Å²) in [5.74, 6) is -1.37. The largest absolute Gasteiger partial charge is 0.486 e. The van der Waals surface area contributed by atoms with E-state index in [0.29, 0.717) is 5.56 Å². The molecule has 0 aliphatic carbocycles. The van der Waals surface area contributed by atoms with Crippen LogP contribution >= 0.6 is 15.9 Å². The third-order valence-electron chi connectivity index (χ3n) is 2.68. The number of hydrogen-bond donors (Lipinski definition) is 2. The summed E-state index contributed by atoms with van der Waals surface area (Å²) in [5.41, 5.74) is 5.88. The quantitative estimate of drug-likeness (QED) is 0.660. The number of benzene rings is 2. The van der Waals surface area contributed by atoms with Crippen LogP contribution in [0.4, 0.5) is 8.78 Å². The zero-order valence-electron chi connectivity index (χ0n) is 10.3. The summed E-state index contributed by atoms with van der Waals surface area (Å²) < 4.78 is 32.7. The number of nitrogens with two attached hydrogens (primary N) is 1. The fraction of sp³-hybridized carbons (Fsp3) is 0.0714. The monoisotopic (exact) mass is 340 g/mol. The van der Waals surface area contributed by atoms with Crippen molar-refractivity contribution in [1.82, 2.24) is 0 Å². The summed E-state index contributed by atoms with van der Waals surface area (Å²) in [5, 5.41) is 7.30. The maximum Gasteiger partial charge on any atom is 0.179 e. The molecule has 2 aromatic rings. The number of nitrogens with one attached hydrogen (secondary N) is 1. The summed E-state index contributed by atoms with van der Waals surface area (Å²) in [7, 11) is 0. The van der Waals surface area contributed by atoms with Gasteiger partial charge in [-0.05, 0) is 34.1 Å². The molecule has 0 amide bonds. The van der Waals surface area contributed by atoms with E-state index in [1.165, 1.54) is 18.2 Å². The number of rotatable bonds is 4. The molecule has 3 nitrogen and oxygen atoms in total. The molecular formula is C14H11BrF2N2O. The lowest BCUT2D eigenvalue weighted by Gasteiger charge is -2.11. The van der Waals surface area contributed by atoms with E-state index < -0.39 is 11.6 Å². The Morgan fingerprint density at radius 1 is 1.20 bits per heavy atom. The molecule has 0 aromatic heterocycles. The number of hydrogen-bond acceptors (Lipinski definition) is 2. The van der Waals surface area contributed by atoms with Crippen LogP contribution in [0.5, 0.6) is 5.75 Å². The first kappa shape index (κ1) is 14.5. The molecule has 2 rings (SSSR count). The smallest absolute Gasteiger partial charge is 0.179 e. The lowest BCUT2D eigenvalue weighted by molar-refractivity contribution is 0.284. The third kappa shape index (κ3) is 2.96. The second-order valence-corrected chi connectivity index (χ2v) is 4.83. The van der Waals surface area contributed by atoms with Crippen molar-refractivity contribution in [3.8, 4) is 5.75 Å². The number of halogens is 3.